The summed E-state index contributed by atoms with van der Waals surface area (Å²) in [4.78, 5) is 58.3. The first-order valence-electron chi connectivity index (χ1n) is 36.3. The van der Waals surface area contributed by atoms with Crippen molar-refractivity contribution in [1.82, 2.24) is 16.0 Å². The first-order valence-corrected chi connectivity index (χ1v) is 38.7. The normalized spacial score (nSPS) is 32.8. The van der Waals surface area contributed by atoms with Gasteiger partial charge < -0.3 is 55.8 Å². The number of nitrogens with two attached hydrogens (primary N) is 2. The van der Waals surface area contributed by atoms with E-state index in [-0.39, 0.29) is 47.0 Å². The lowest BCUT2D eigenvalue weighted by atomic mass is 9.47. The Kier molecular flexibility index (Phi) is 32.2. The summed E-state index contributed by atoms with van der Waals surface area (Å²) in [7, 11) is 3.37. The lowest BCUT2D eigenvalue weighted by Crippen LogP contribution is -2.51. The Morgan fingerprint density at radius 1 is 0.565 bits per heavy atom. The van der Waals surface area contributed by atoms with E-state index in [4.69, 9.17) is 39.9 Å². The van der Waals surface area contributed by atoms with Crippen LogP contribution in [0.4, 0.5) is 0 Å². The molecule has 7 N–H and O–H groups in total. The van der Waals surface area contributed by atoms with E-state index in [0.717, 1.165) is 97.2 Å². The molecule has 16 nitrogen and oxygen atoms in total. The molecule has 0 saturated heterocycles. The lowest BCUT2D eigenvalue weighted by molar-refractivity contribution is -0.151. The minimum absolute atomic E-state index is 0.00845. The quantitative estimate of drug-likeness (QED) is 0.0229. The van der Waals surface area contributed by atoms with Crippen LogP contribution < -0.4 is 27.4 Å². The maximum absolute atomic E-state index is 12.5. The Bertz CT molecular complexity index is 2380. The third-order valence-electron chi connectivity index (χ3n) is 24.4. The summed E-state index contributed by atoms with van der Waals surface area (Å²) in [5, 5.41) is 8.43. The smallest absolute Gasteiger partial charge is 0.316 e. The number of nitrogens with one attached hydrogen (secondary N) is 3. The van der Waals surface area contributed by atoms with Gasteiger partial charge in [-0.15, -0.1) is 23.5 Å². The number of allylic oxidation sites excluding steroid dienone is 2. The Balaban J connectivity index is 0.000000222. The molecule has 528 valence electrons. The van der Waals surface area contributed by atoms with Crippen molar-refractivity contribution < 1.29 is 52.4 Å². The van der Waals surface area contributed by atoms with E-state index >= 15 is 0 Å². The second kappa shape index (κ2) is 37.9. The van der Waals surface area contributed by atoms with Crippen molar-refractivity contribution in [3.05, 3.63) is 23.3 Å². The van der Waals surface area contributed by atoms with Gasteiger partial charge in [-0.1, -0.05) is 112 Å². The predicted octanol–water partition coefficient (Wildman–Crippen LogP) is 12.3. The van der Waals surface area contributed by atoms with Crippen LogP contribution in [0.3, 0.4) is 0 Å². The maximum atomic E-state index is 12.5. The van der Waals surface area contributed by atoms with Gasteiger partial charge in [0, 0.05) is 43.9 Å². The molecular weight excluding hydrogens is 1200 g/mol. The minimum Gasteiger partial charge on any atom is -0.462 e. The molecule has 8 aliphatic carbocycles. The van der Waals surface area contributed by atoms with E-state index in [1.807, 2.05) is 13.8 Å². The average Bonchev–Trinajstić information content (AvgIpc) is 1.36. The molecule has 6 fully saturated rings. The zero-order chi connectivity index (χ0) is 67.2. The number of ether oxygens (including phenoxy) is 6. The third-order valence-corrected chi connectivity index (χ3v) is 26.4. The largest absolute Gasteiger partial charge is 0.462 e. The Morgan fingerprint density at radius 3 is 1.50 bits per heavy atom. The van der Waals surface area contributed by atoms with Gasteiger partial charge in [-0.3, -0.25) is 24.0 Å². The number of primary amides is 2. The molecule has 0 radical (unpaired) electrons. The van der Waals surface area contributed by atoms with Crippen molar-refractivity contribution in [3.8, 4) is 0 Å². The number of rotatable bonds is 34. The van der Waals surface area contributed by atoms with Gasteiger partial charge in [0.25, 0.3) is 0 Å². The van der Waals surface area contributed by atoms with Crippen LogP contribution in [0.1, 0.15) is 205 Å². The monoisotopic (exact) mass is 1330 g/mol. The number of likely N-dealkylation sites (N-methyl/N-ethyl adjacent to an activating group) is 2. The van der Waals surface area contributed by atoms with Crippen LogP contribution in [0, 0.1) is 86.8 Å². The zero-order valence-electron chi connectivity index (χ0n) is 59.6. The number of fused-ring (bicyclic) bond motifs is 10. The molecule has 1 unspecified atom stereocenters. The highest BCUT2D eigenvalue weighted by atomic mass is 32.2. The molecule has 92 heavy (non-hydrogen) atoms. The van der Waals surface area contributed by atoms with Gasteiger partial charge in [0.05, 0.1) is 69.8 Å². The standard InChI is InChI=1S/C30H50O2.C28H46N2O3S.C16H33N3O6S/c1-7-28(31)32-23-15-17-29(5)22(19-23)11-12-24-26-14-13-25(21(4)10-8-9-20(2)3)30(26,6)18-16-27(24)29;1-17(2)21-8-9-22-20-7-6-18-14-19(33-25(31)16-34-15-24(30-5)26(29)32)10-12-27(18,3)23(20)11-13-28(21,22)4;1-3-22-6-7-24-10-11-25-9-8-23-5-4-19-15(20)13-26-12-14(18-2)16(17)21/h11,20-21,23-27H,7-10,12-19H2,1-6H3;6,17,19-24,30H,7-16H2,1-5H3,(H2,29,32);14,18H,3-13H2,1-2H3,(H2,17,21)(H,19,20)/t21-,23?,24+,25-,26+,27+,29+,30-;19-,20-,21+,22-,23-,24-,27-,28+;14-/m100/s1. The van der Waals surface area contributed by atoms with E-state index in [2.05, 4.69) is 90.4 Å². The number of thioether (sulfide) groups is 2. The SMILES string of the molecule is CCC(=O)OC1CC[C@@]2(C)C(=CC[C@H]3[C@@H]4CC[C@H]([C@H](C)CCCC(C)C)[C@@]4(C)CC[C@@H]32)C1.CCOCCOCCOCCOCCNC(=O)CSC[C@H](NC)C(N)=O.CN[C@@H](CSCC(=O)O[C@H]1CC[C@@]2(C)C(=CC[C@H]3[C@@H]4CC[C@H](C(C)C)[C@@]4(C)CC[C@@H]32)C1)C(N)=O. The van der Waals surface area contributed by atoms with Crippen molar-refractivity contribution >= 4 is 53.2 Å². The molecule has 8 rings (SSSR count). The van der Waals surface area contributed by atoms with Crippen molar-refractivity contribution in [2.75, 3.05) is 96.5 Å². The van der Waals surface area contributed by atoms with Gasteiger partial charge in [0.1, 0.15) is 12.2 Å². The molecule has 6 saturated carbocycles. The van der Waals surface area contributed by atoms with Crippen LogP contribution in [0.5, 0.6) is 0 Å². The summed E-state index contributed by atoms with van der Waals surface area (Å²) < 4.78 is 32.8. The first kappa shape index (κ1) is 78.3. The highest BCUT2D eigenvalue weighted by Crippen LogP contribution is 2.69. The molecule has 0 aromatic rings. The second-order valence-electron chi connectivity index (χ2n) is 30.5. The van der Waals surface area contributed by atoms with E-state index < -0.39 is 23.9 Å². The van der Waals surface area contributed by atoms with Crippen LogP contribution in [0.2, 0.25) is 0 Å². The third kappa shape index (κ3) is 20.9. The van der Waals surface area contributed by atoms with Crippen LogP contribution in [-0.4, -0.2) is 150 Å². The van der Waals surface area contributed by atoms with Crippen LogP contribution in [0.25, 0.3) is 0 Å². The fraction of sp³-hybridized carbons (Fsp3) is 0.878. The summed E-state index contributed by atoms with van der Waals surface area (Å²) in [5.41, 5.74) is 15.4. The van der Waals surface area contributed by atoms with Crippen molar-refractivity contribution in [2.45, 2.75) is 229 Å². The molecule has 0 spiro atoms. The maximum Gasteiger partial charge on any atom is 0.316 e. The van der Waals surface area contributed by atoms with Crippen molar-refractivity contribution in [2.24, 2.45) is 98.2 Å². The van der Waals surface area contributed by atoms with E-state index in [1.54, 1.807) is 25.2 Å². The highest BCUT2D eigenvalue weighted by molar-refractivity contribution is 8.00. The van der Waals surface area contributed by atoms with Gasteiger partial charge in [-0.2, -0.15) is 0 Å². The Morgan fingerprint density at radius 2 is 1.03 bits per heavy atom. The average molecular weight is 1330 g/mol. The molecule has 0 heterocycles. The molecule has 17 atom stereocenters. The number of carbonyl (C=O) groups excluding carboxylic acids is 5. The summed E-state index contributed by atoms with van der Waals surface area (Å²) in [6, 6.07) is -0.840. The lowest BCUT2D eigenvalue weighted by Gasteiger charge is -2.58. The van der Waals surface area contributed by atoms with Crippen molar-refractivity contribution in [1.29, 1.82) is 0 Å². The fourth-order valence-corrected chi connectivity index (χ4v) is 21.3. The molecule has 0 aromatic carbocycles. The van der Waals surface area contributed by atoms with E-state index in [1.165, 1.54) is 113 Å². The first-order chi connectivity index (χ1) is 43.9. The van der Waals surface area contributed by atoms with Crippen LogP contribution >= 0.6 is 23.5 Å². The molecule has 0 aromatic heterocycles. The van der Waals surface area contributed by atoms with Crippen molar-refractivity contribution in [3.63, 3.8) is 0 Å². The summed E-state index contributed by atoms with van der Waals surface area (Å²) in [6.07, 6.45) is 30.1. The molecular formula is C74H129N5O11S2. The van der Waals surface area contributed by atoms with Gasteiger partial charge in [0.2, 0.25) is 17.7 Å². The van der Waals surface area contributed by atoms with Crippen LogP contribution in [-0.2, 0) is 52.4 Å². The number of hydrogen-bond donors (Lipinski definition) is 5. The number of carbonyl (C=O) groups is 5. The minimum atomic E-state index is -0.425. The topological polar surface area (TPSA) is 229 Å². The molecule has 18 heteroatoms. The zero-order valence-corrected chi connectivity index (χ0v) is 61.2. The number of esters is 2. The van der Waals surface area contributed by atoms with E-state index in [9.17, 15) is 24.0 Å². The van der Waals surface area contributed by atoms with E-state index in [0.29, 0.717) is 93.6 Å². The highest BCUT2D eigenvalue weighted by Gasteiger charge is 2.61. The number of amides is 3. The Labute approximate surface area is 565 Å². The van der Waals surface area contributed by atoms with Gasteiger partial charge in [0.15, 0.2) is 0 Å². The molecule has 0 aliphatic heterocycles. The fourth-order valence-electron chi connectivity index (χ4n) is 19.4. The number of hydrogen-bond acceptors (Lipinski definition) is 15. The van der Waals surface area contributed by atoms with Gasteiger partial charge in [-0.25, -0.2) is 0 Å². The Hall–Kier alpha value is -2.71. The van der Waals surface area contributed by atoms with Crippen LogP contribution in [0.15, 0.2) is 23.3 Å². The van der Waals surface area contributed by atoms with Gasteiger partial charge in [-0.05, 0) is 198 Å². The van der Waals surface area contributed by atoms with Gasteiger partial charge >= 0.3 is 11.9 Å². The summed E-state index contributed by atoms with van der Waals surface area (Å²) in [6.45, 7) is 31.1. The molecule has 3 amide bonds. The molecule has 0 bridgehead atoms. The molecule has 8 aliphatic rings. The predicted molar refractivity (Wildman–Crippen MR) is 374 cm³/mol. The summed E-state index contributed by atoms with van der Waals surface area (Å²) in [5.74, 6) is 9.85. The summed E-state index contributed by atoms with van der Waals surface area (Å²) >= 11 is 2.76. The second-order valence-corrected chi connectivity index (χ2v) is 32.5.